The number of rotatable bonds is 9. The third-order valence-corrected chi connectivity index (χ3v) is 6.82. The predicted molar refractivity (Wildman–Crippen MR) is 119 cm³/mol. The van der Waals surface area contributed by atoms with Gasteiger partial charge < -0.3 is 10.1 Å². The van der Waals surface area contributed by atoms with Crippen molar-refractivity contribution in [3.8, 4) is 5.75 Å². The highest BCUT2D eigenvalue weighted by Gasteiger charge is 2.20. The van der Waals surface area contributed by atoms with Gasteiger partial charge in [0.2, 0.25) is 5.91 Å². The highest BCUT2D eigenvalue weighted by molar-refractivity contribution is 7.92. The molecule has 0 fully saturated rings. The Morgan fingerprint density at radius 1 is 1.07 bits per heavy atom. The van der Waals surface area contributed by atoms with Crippen LogP contribution in [-0.2, 0) is 34.2 Å². The zero-order chi connectivity index (χ0) is 21.6. The van der Waals surface area contributed by atoms with Crippen LogP contribution in [0.2, 0.25) is 0 Å². The first-order valence-corrected chi connectivity index (χ1v) is 11.9. The Bertz CT molecular complexity index is 1090. The summed E-state index contributed by atoms with van der Waals surface area (Å²) in [6.07, 6.45) is 0.945. The van der Waals surface area contributed by atoms with Gasteiger partial charge in [-0.1, -0.05) is 31.2 Å². The second-order valence-corrected chi connectivity index (χ2v) is 9.36. The molecular weight excluding hydrogens is 420 g/mol. The van der Waals surface area contributed by atoms with Crippen molar-refractivity contribution in [2.45, 2.75) is 31.2 Å². The second kappa shape index (κ2) is 9.77. The number of carbonyl (C=O) groups excluding carboxylic acids is 1. The molecule has 3 aromatic rings. The average Bonchev–Trinajstić information content (AvgIpc) is 3.27. The fourth-order valence-corrected chi connectivity index (χ4v) is 4.82. The van der Waals surface area contributed by atoms with Crippen molar-refractivity contribution >= 4 is 33.0 Å². The van der Waals surface area contributed by atoms with Gasteiger partial charge in [-0.15, -0.1) is 11.3 Å². The van der Waals surface area contributed by atoms with E-state index in [1.807, 2.05) is 30.5 Å². The van der Waals surface area contributed by atoms with E-state index in [0.717, 1.165) is 22.4 Å². The molecule has 0 bridgehead atoms. The second-order valence-electron chi connectivity index (χ2n) is 6.67. The van der Waals surface area contributed by atoms with Crippen molar-refractivity contribution in [1.29, 1.82) is 0 Å². The molecule has 158 valence electrons. The molecule has 1 aromatic heterocycles. The highest BCUT2D eigenvalue weighted by atomic mass is 32.2. The summed E-state index contributed by atoms with van der Waals surface area (Å²) < 4.78 is 33.5. The van der Waals surface area contributed by atoms with Crippen LogP contribution in [0.1, 0.15) is 22.9 Å². The first kappa shape index (κ1) is 21.9. The molecule has 0 aliphatic carbocycles. The fraction of sp³-hybridized carbons (Fsp3) is 0.227. The van der Waals surface area contributed by atoms with Crippen LogP contribution >= 0.6 is 11.3 Å². The van der Waals surface area contributed by atoms with Gasteiger partial charge in [0.15, 0.2) is 0 Å². The average molecular weight is 445 g/mol. The molecule has 1 amide bonds. The van der Waals surface area contributed by atoms with E-state index < -0.39 is 10.0 Å². The maximum atomic E-state index is 12.9. The van der Waals surface area contributed by atoms with Gasteiger partial charge in [0.05, 0.1) is 20.1 Å². The summed E-state index contributed by atoms with van der Waals surface area (Å²) in [4.78, 5) is 13.3. The standard InChI is InChI=1S/C22H24N2O4S2/c1-3-16-8-11-20(28-2)21(13-16)30(26,27)24-18-9-6-17(7-10-18)14-22(25)23-15-19-5-4-12-29-19/h4-13,24H,3,14-15H2,1-2H3,(H,23,25). The SMILES string of the molecule is CCc1ccc(OC)c(S(=O)(=O)Nc2ccc(CC(=O)NCc3cccs3)cc2)c1. The Morgan fingerprint density at radius 3 is 2.43 bits per heavy atom. The lowest BCUT2D eigenvalue weighted by Gasteiger charge is -2.13. The molecule has 0 aliphatic rings. The minimum atomic E-state index is -3.81. The maximum Gasteiger partial charge on any atom is 0.265 e. The molecule has 6 nitrogen and oxygen atoms in total. The van der Waals surface area contributed by atoms with Crippen molar-refractivity contribution in [2.24, 2.45) is 0 Å². The van der Waals surface area contributed by atoms with Gasteiger partial charge in [0.1, 0.15) is 10.6 Å². The number of benzene rings is 2. The van der Waals surface area contributed by atoms with Gasteiger partial charge in [-0.25, -0.2) is 8.42 Å². The summed E-state index contributed by atoms with van der Waals surface area (Å²) in [6.45, 7) is 2.47. The van der Waals surface area contributed by atoms with Crippen LogP contribution in [0, 0.1) is 0 Å². The summed E-state index contributed by atoms with van der Waals surface area (Å²) in [6, 6.07) is 15.8. The molecule has 2 aromatic carbocycles. The molecule has 2 N–H and O–H groups in total. The fourth-order valence-electron chi connectivity index (χ4n) is 2.90. The Hall–Kier alpha value is -2.84. The van der Waals surface area contributed by atoms with Gasteiger partial charge in [0.25, 0.3) is 10.0 Å². The summed E-state index contributed by atoms with van der Waals surface area (Å²) in [7, 11) is -2.37. The number of hydrogen-bond acceptors (Lipinski definition) is 5. The van der Waals surface area contributed by atoms with E-state index >= 15 is 0 Å². The summed E-state index contributed by atoms with van der Waals surface area (Å²) in [5.74, 6) is 0.205. The smallest absolute Gasteiger partial charge is 0.265 e. The van der Waals surface area contributed by atoms with E-state index in [-0.39, 0.29) is 17.2 Å². The van der Waals surface area contributed by atoms with Crippen molar-refractivity contribution in [1.82, 2.24) is 5.32 Å². The van der Waals surface area contributed by atoms with E-state index in [2.05, 4.69) is 10.0 Å². The molecule has 0 atom stereocenters. The number of sulfonamides is 1. The zero-order valence-electron chi connectivity index (χ0n) is 16.8. The molecule has 8 heteroatoms. The number of aryl methyl sites for hydroxylation is 1. The predicted octanol–water partition coefficient (Wildman–Crippen LogP) is 3.98. The molecule has 0 saturated carbocycles. The summed E-state index contributed by atoms with van der Waals surface area (Å²) >= 11 is 1.59. The quantitative estimate of drug-likeness (QED) is 0.523. The number of anilines is 1. The van der Waals surface area contributed by atoms with Gasteiger partial charge in [-0.3, -0.25) is 9.52 Å². The van der Waals surface area contributed by atoms with Gasteiger partial charge >= 0.3 is 0 Å². The van der Waals surface area contributed by atoms with E-state index in [9.17, 15) is 13.2 Å². The first-order chi connectivity index (χ1) is 14.4. The normalized spacial score (nSPS) is 11.1. The topological polar surface area (TPSA) is 84.5 Å². The van der Waals surface area contributed by atoms with E-state index in [1.54, 1.807) is 47.7 Å². The van der Waals surface area contributed by atoms with Gasteiger partial charge in [-0.2, -0.15) is 0 Å². The Kier molecular flexibility index (Phi) is 7.12. The largest absolute Gasteiger partial charge is 0.495 e. The van der Waals surface area contributed by atoms with Crippen LogP contribution < -0.4 is 14.8 Å². The van der Waals surface area contributed by atoms with E-state index in [4.69, 9.17) is 4.74 Å². The highest BCUT2D eigenvalue weighted by Crippen LogP contribution is 2.27. The number of ether oxygens (including phenoxy) is 1. The van der Waals surface area contributed by atoms with Gasteiger partial charge in [-0.05, 0) is 53.3 Å². The van der Waals surface area contributed by atoms with Crippen LogP contribution in [0.25, 0.3) is 0 Å². The minimum Gasteiger partial charge on any atom is -0.495 e. The van der Waals surface area contributed by atoms with E-state index in [1.165, 1.54) is 7.11 Å². The first-order valence-electron chi connectivity index (χ1n) is 9.49. The van der Waals surface area contributed by atoms with Gasteiger partial charge in [0, 0.05) is 10.6 Å². The lowest BCUT2D eigenvalue weighted by atomic mass is 10.1. The Labute approximate surface area is 181 Å². The number of hydrogen-bond donors (Lipinski definition) is 2. The summed E-state index contributed by atoms with van der Waals surface area (Å²) in [5, 5.41) is 4.85. The van der Waals surface area contributed by atoms with Crippen molar-refractivity contribution in [2.75, 3.05) is 11.8 Å². The molecule has 3 rings (SSSR count). The third-order valence-electron chi connectivity index (χ3n) is 4.54. The molecule has 0 saturated heterocycles. The van der Waals surface area contributed by atoms with Crippen molar-refractivity contribution in [3.05, 3.63) is 76.0 Å². The molecule has 0 unspecified atom stereocenters. The number of methoxy groups -OCH3 is 1. The molecular formula is C22H24N2O4S2. The number of thiophene rings is 1. The zero-order valence-corrected chi connectivity index (χ0v) is 18.5. The lowest BCUT2D eigenvalue weighted by molar-refractivity contribution is -0.120. The monoisotopic (exact) mass is 444 g/mol. The van der Waals surface area contributed by atoms with Crippen LogP contribution in [0.4, 0.5) is 5.69 Å². The number of nitrogens with one attached hydrogen (secondary N) is 2. The maximum absolute atomic E-state index is 12.9. The Morgan fingerprint density at radius 2 is 1.80 bits per heavy atom. The van der Waals surface area contributed by atoms with E-state index in [0.29, 0.717) is 18.0 Å². The van der Waals surface area contributed by atoms with Crippen molar-refractivity contribution in [3.63, 3.8) is 0 Å². The number of amides is 1. The molecule has 0 aliphatic heterocycles. The number of carbonyl (C=O) groups is 1. The van der Waals surface area contributed by atoms with Crippen LogP contribution in [0.5, 0.6) is 5.75 Å². The van der Waals surface area contributed by atoms with Crippen LogP contribution in [0.15, 0.2) is 64.9 Å². The molecule has 1 heterocycles. The molecule has 0 spiro atoms. The van der Waals surface area contributed by atoms with Crippen molar-refractivity contribution < 1.29 is 17.9 Å². The third kappa shape index (κ3) is 5.61. The molecule has 0 radical (unpaired) electrons. The van der Waals surface area contributed by atoms with Crippen LogP contribution in [-0.4, -0.2) is 21.4 Å². The molecule has 30 heavy (non-hydrogen) atoms. The Balaban J connectivity index is 1.65. The lowest BCUT2D eigenvalue weighted by Crippen LogP contribution is -2.24. The summed E-state index contributed by atoms with van der Waals surface area (Å²) in [5.41, 5.74) is 2.12. The van der Waals surface area contributed by atoms with Crippen LogP contribution in [0.3, 0.4) is 0 Å². The minimum absolute atomic E-state index is 0.0853.